The van der Waals surface area contributed by atoms with Crippen LogP contribution in [0, 0.1) is 5.82 Å². The van der Waals surface area contributed by atoms with Crippen LogP contribution in [0.4, 0.5) is 4.39 Å². The second-order valence-electron chi connectivity index (χ2n) is 3.92. The van der Waals surface area contributed by atoms with E-state index in [1.165, 1.54) is 6.07 Å². The van der Waals surface area contributed by atoms with Crippen molar-refractivity contribution in [1.29, 1.82) is 0 Å². The lowest BCUT2D eigenvalue weighted by Crippen LogP contribution is -2.47. The molecule has 0 heterocycles. The molecule has 2 nitrogen and oxygen atoms in total. The topological polar surface area (TPSA) is 43.1 Å². The highest BCUT2D eigenvalue weighted by atomic mass is 79.9. The van der Waals surface area contributed by atoms with E-state index < -0.39 is 11.3 Å². The van der Waals surface area contributed by atoms with Crippen LogP contribution in [0.15, 0.2) is 22.7 Å². The fourth-order valence-electron chi connectivity index (χ4n) is 2.06. The quantitative estimate of drug-likeness (QED) is 0.883. The summed E-state index contributed by atoms with van der Waals surface area (Å²) in [7, 11) is 0. The molecule has 1 aliphatic rings. The van der Waals surface area contributed by atoms with Crippen LogP contribution in [-0.2, 0) is 10.2 Å². The molecule has 0 bridgehead atoms. The van der Waals surface area contributed by atoms with Gasteiger partial charge >= 0.3 is 0 Å². The van der Waals surface area contributed by atoms with Gasteiger partial charge in [-0.2, -0.15) is 0 Å². The largest absolute Gasteiger partial charge is 0.369 e. The van der Waals surface area contributed by atoms with Crippen LogP contribution in [0.2, 0.25) is 0 Å². The molecular weight excluding hydrogens is 261 g/mol. The highest BCUT2D eigenvalue weighted by Crippen LogP contribution is 2.44. The Morgan fingerprint density at radius 2 is 2.13 bits per heavy atom. The molecule has 15 heavy (non-hydrogen) atoms. The SMILES string of the molecule is NC(=O)C1(c2ccc(Br)cc2F)CCC1. The van der Waals surface area contributed by atoms with Crippen LogP contribution in [0.5, 0.6) is 0 Å². The van der Waals surface area contributed by atoms with E-state index in [1.807, 2.05) is 0 Å². The Morgan fingerprint density at radius 1 is 1.47 bits per heavy atom. The highest BCUT2D eigenvalue weighted by molar-refractivity contribution is 9.10. The molecule has 0 aromatic heterocycles. The molecule has 4 heteroatoms. The number of benzene rings is 1. The zero-order chi connectivity index (χ0) is 11.1. The van der Waals surface area contributed by atoms with Gasteiger partial charge in [0.05, 0.1) is 5.41 Å². The zero-order valence-electron chi connectivity index (χ0n) is 8.09. The predicted molar refractivity (Wildman–Crippen MR) is 58.8 cm³/mol. The fourth-order valence-corrected chi connectivity index (χ4v) is 2.39. The molecule has 1 aromatic rings. The van der Waals surface area contributed by atoms with Gasteiger partial charge in [-0.1, -0.05) is 28.4 Å². The van der Waals surface area contributed by atoms with Crippen LogP contribution in [0.3, 0.4) is 0 Å². The van der Waals surface area contributed by atoms with Crippen LogP contribution >= 0.6 is 15.9 Å². The normalized spacial score (nSPS) is 18.3. The summed E-state index contributed by atoms with van der Waals surface area (Å²) in [6.45, 7) is 0. The van der Waals surface area contributed by atoms with Crippen molar-refractivity contribution in [3.63, 3.8) is 0 Å². The van der Waals surface area contributed by atoms with Gasteiger partial charge in [0.1, 0.15) is 5.82 Å². The van der Waals surface area contributed by atoms with E-state index in [2.05, 4.69) is 15.9 Å². The van der Waals surface area contributed by atoms with Crippen molar-refractivity contribution >= 4 is 21.8 Å². The molecule has 2 N–H and O–H groups in total. The second kappa shape index (κ2) is 3.59. The summed E-state index contributed by atoms with van der Waals surface area (Å²) in [5, 5.41) is 0. The number of hydrogen-bond donors (Lipinski definition) is 1. The van der Waals surface area contributed by atoms with Crippen molar-refractivity contribution in [2.24, 2.45) is 5.73 Å². The average molecular weight is 272 g/mol. The number of rotatable bonds is 2. The molecule has 0 saturated heterocycles. The van der Waals surface area contributed by atoms with E-state index in [4.69, 9.17) is 5.73 Å². The Kier molecular flexibility index (Phi) is 2.54. The van der Waals surface area contributed by atoms with Crippen molar-refractivity contribution in [3.8, 4) is 0 Å². The smallest absolute Gasteiger partial charge is 0.228 e. The highest BCUT2D eigenvalue weighted by Gasteiger charge is 2.45. The molecule has 80 valence electrons. The number of amides is 1. The molecule has 2 rings (SSSR count). The zero-order valence-corrected chi connectivity index (χ0v) is 9.68. The maximum Gasteiger partial charge on any atom is 0.228 e. The number of carbonyl (C=O) groups excluding carboxylic acids is 1. The van der Waals surface area contributed by atoms with E-state index in [0.29, 0.717) is 22.9 Å². The van der Waals surface area contributed by atoms with E-state index in [1.54, 1.807) is 12.1 Å². The van der Waals surface area contributed by atoms with E-state index in [-0.39, 0.29) is 5.82 Å². The van der Waals surface area contributed by atoms with Crippen molar-refractivity contribution in [1.82, 2.24) is 0 Å². The van der Waals surface area contributed by atoms with Crippen LogP contribution in [0.25, 0.3) is 0 Å². The van der Waals surface area contributed by atoms with Gasteiger partial charge in [0.2, 0.25) is 5.91 Å². The summed E-state index contributed by atoms with van der Waals surface area (Å²) in [5.41, 5.74) is 5.03. The van der Waals surface area contributed by atoms with Gasteiger partial charge < -0.3 is 5.73 Å². The number of primary amides is 1. The Morgan fingerprint density at radius 3 is 2.53 bits per heavy atom. The first-order chi connectivity index (χ1) is 7.06. The lowest BCUT2D eigenvalue weighted by Gasteiger charge is -2.39. The van der Waals surface area contributed by atoms with Gasteiger partial charge in [-0.05, 0) is 25.0 Å². The number of nitrogens with two attached hydrogens (primary N) is 1. The summed E-state index contributed by atoms with van der Waals surface area (Å²) in [6.07, 6.45) is 2.24. The molecule has 1 aromatic carbocycles. The molecular formula is C11H11BrFNO. The lowest BCUT2D eigenvalue weighted by atomic mass is 9.64. The first kappa shape index (κ1) is 10.6. The van der Waals surface area contributed by atoms with Gasteiger partial charge in [0.25, 0.3) is 0 Å². The Hall–Kier alpha value is -0.900. The van der Waals surface area contributed by atoms with Gasteiger partial charge in [0.15, 0.2) is 0 Å². The van der Waals surface area contributed by atoms with E-state index in [0.717, 1.165) is 6.42 Å². The number of hydrogen-bond acceptors (Lipinski definition) is 1. The third kappa shape index (κ3) is 1.57. The maximum atomic E-state index is 13.7. The summed E-state index contributed by atoms with van der Waals surface area (Å²) >= 11 is 3.18. The standard InChI is InChI=1S/C11H11BrFNO/c12-7-2-3-8(9(13)6-7)11(10(14)15)4-1-5-11/h2-3,6H,1,4-5H2,(H2,14,15). The van der Waals surface area contributed by atoms with Gasteiger partial charge in [-0.15, -0.1) is 0 Å². The van der Waals surface area contributed by atoms with E-state index >= 15 is 0 Å². The molecule has 0 aliphatic heterocycles. The average Bonchev–Trinajstić information content (AvgIpc) is 2.05. The third-order valence-electron chi connectivity index (χ3n) is 3.13. The fraction of sp³-hybridized carbons (Fsp3) is 0.364. The summed E-state index contributed by atoms with van der Waals surface area (Å²) in [4.78, 5) is 11.4. The molecule has 1 aliphatic carbocycles. The van der Waals surface area contributed by atoms with Crippen molar-refractivity contribution in [2.45, 2.75) is 24.7 Å². The molecule has 0 radical (unpaired) electrons. The Labute approximate surface area is 95.8 Å². The molecule has 1 amide bonds. The Balaban J connectivity index is 2.48. The van der Waals surface area contributed by atoms with Gasteiger partial charge in [0, 0.05) is 10.0 Å². The third-order valence-corrected chi connectivity index (χ3v) is 3.62. The van der Waals surface area contributed by atoms with Gasteiger partial charge in [-0.25, -0.2) is 4.39 Å². The van der Waals surface area contributed by atoms with E-state index in [9.17, 15) is 9.18 Å². The van der Waals surface area contributed by atoms with Crippen molar-refractivity contribution < 1.29 is 9.18 Å². The minimum Gasteiger partial charge on any atom is -0.369 e. The van der Waals surface area contributed by atoms with Crippen LogP contribution < -0.4 is 5.73 Å². The Bertz CT molecular complexity index is 415. The number of halogens is 2. The first-order valence-electron chi connectivity index (χ1n) is 4.82. The van der Waals surface area contributed by atoms with Crippen LogP contribution in [0.1, 0.15) is 24.8 Å². The van der Waals surface area contributed by atoms with Crippen LogP contribution in [-0.4, -0.2) is 5.91 Å². The molecule has 1 saturated carbocycles. The summed E-state index contributed by atoms with van der Waals surface area (Å²) in [6, 6.07) is 4.75. The molecule has 0 unspecified atom stereocenters. The second-order valence-corrected chi connectivity index (χ2v) is 4.84. The minimum atomic E-state index is -0.759. The molecule has 0 atom stereocenters. The molecule has 0 spiro atoms. The number of carbonyl (C=O) groups is 1. The lowest BCUT2D eigenvalue weighted by molar-refractivity contribution is -0.126. The maximum absolute atomic E-state index is 13.7. The van der Waals surface area contributed by atoms with Gasteiger partial charge in [-0.3, -0.25) is 4.79 Å². The summed E-state index contributed by atoms with van der Waals surface area (Å²) in [5.74, 6) is -0.780. The summed E-state index contributed by atoms with van der Waals surface area (Å²) < 4.78 is 14.4. The monoisotopic (exact) mass is 271 g/mol. The first-order valence-corrected chi connectivity index (χ1v) is 5.61. The minimum absolute atomic E-state index is 0.358. The van der Waals surface area contributed by atoms with Crippen molar-refractivity contribution in [2.75, 3.05) is 0 Å². The van der Waals surface area contributed by atoms with Crippen molar-refractivity contribution in [3.05, 3.63) is 34.1 Å². The predicted octanol–water partition coefficient (Wildman–Crippen LogP) is 2.50. The molecule has 1 fully saturated rings.